The molecule has 1 fully saturated rings. The number of ether oxygens (including phenoxy) is 2. The molecule has 0 aromatic heterocycles. The third-order valence-corrected chi connectivity index (χ3v) is 3.37. The van der Waals surface area contributed by atoms with Gasteiger partial charge in [-0.3, -0.25) is 0 Å². The number of nitrogens with two attached hydrogens (primary N) is 1. The summed E-state index contributed by atoms with van der Waals surface area (Å²) in [5.41, 5.74) is 5.38. The van der Waals surface area contributed by atoms with Crippen LogP contribution in [0.1, 0.15) is 32.1 Å². The smallest absolute Gasteiger partial charge is 0.282 e. The van der Waals surface area contributed by atoms with Crippen molar-refractivity contribution in [2.45, 2.75) is 43.8 Å². The summed E-state index contributed by atoms with van der Waals surface area (Å²) in [5.74, 6) is 0. The second kappa shape index (κ2) is 3.77. The molecule has 80 valence electrons. The van der Waals surface area contributed by atoms with E-state index in [-0.39, 0.29) is 11.7 Å². The monoisotopic (exact) mass is 198 g/mol. The van der Waals surface area contributed by atoms with E-state index in [1.807, 2.05) is 0 Å². The van der Waals surface area contributed by atoms with Crippen molar-refractivity contribution in [2.24, 2.45) is 10.7 Å². The van der Waals surface area contributed by atoms with E-state index < -0.39 is 0 Å². The molecule has 1 aliphatic heterocycles. The normalized spacial score (nSPS) is 30.9. The third-order valence-electron chi connectivity index (χ3n) is 3.37. The number of hydrogen-bond donors (Lipinski definition) is 1. The van der Waals surface area contributed by atoms with Crippen LogP contribution in [0.4, 0.5) is 0 Å². The van der Waals surface area contributed by atoms with Gasteiger partial charge < -0.3 is 15.2 Å². The Kier molecular flexibility index (Phi) is 2.63. The fraction of sp³-hybridized carbons (Fsp3) is 0.900. The van der Waals surface area contributed by atoms with Crippen molar-refractivity contribution in [3.05, 3.63) is 0 Å². The minimum absolute atomic E-state index is 0.0350. The average molecular weight is 198 g/mol. The summed E-state index contributed by atoms with van der Waals surface area (Å²) >= 11 is 0. The molecule has 0 aromatic carbocycles. The van der Waals surface area contributed by atoms with Gasteiger partial charge in [-0.05, 0) is 12.8 Å². The van der Waals surface area contributed by atoms with E-state index in [9.17, 15) is 0 Å². The van der Waals surface area contributed by atoms with Crippen LogP contribution in [0.25, 0.3) is 0 Å². The van der Waals surface area contributed by atoms with Crippen molar-refractivity contribution in [3.8, 4) is 0 Å². The maximum Gasteiger partial charge on any atom is 0.282 e. The Bertz CT molecular complexity index is 234. The van der Waals surface area contributed by atoms with Crippen LogP contribution in [0.3, 0.4) is 0 Å². The predicted molar refractivity (Wildman–Crippen MR) is 54.2 cm³/mol. The molecular formula is C10H18N2O2. The number of hydrogen-bond acceptors (Lipinski definition) is 4. The maximum absolute atomic E-state index is 5.66. The van der Waals surface area contributed by atoms with E-state index in [0.717, 1.165) is 12.8 Å². The summed E-state index contributed by atoms with van der Waals surface area (Å²) in [7, 11) is 1.77. The Labute approximate surface area is 84.5 Å². The average Bonchev–Trinajstić information content (AvgIpc) is 2.66. The van der Waals surface area contributed by atoms with Gasteiger partial charge in [0, 0.05) is 7.11 Å². The number of nitrogens with zero attached hydrogens (tertiary/aromatic N) is 1. The fourth-order valence-corrected chi connectivity index (χ4v) is 2.47. The summed E-state index contributed by atoms with van der Waals surface area (Å²) in [6.45, 7) is 0.652. The zero-order valence-electron chi connectivity index (χ0n) is 8.66. The molecule has 2 rings (SSSR count). The van der Waals surface area contributed by atoms with Crippen LogP contribution in [0, 0.1) is 0 Å². The first-order valence-corrected chi connectivity index (χ1v) is 5.28. The molecule has 1 atom stereocenters. The van der Waals surface area contributed by atoms with E-state index >= 15 is 0 Å². The molecule has 2 aliphatic rings. The summed E-state index contributed by atoms with van der Waals surface area (Å²) in [4.78, 5) is 4.08. The first-order chi connectivity index (χ1) is 6.77. The summed E-state index contributed by atoms with van der Waals surface area (Å²) < 4.78 is 11.2. The number of aliphatic imine (C=N–C) groups is 1. The van der Waals surface area contributed by atoms with E-state index in [1.54, 1.807) is 7.11 Å². The van der Waals surface area contributed by atoms with Gasteiger partial charge >= 0.3 is 0 Å². The van der Waals surface area contributed by atoms with Gasteiger partial charge in [-0.25, -0.2) is 4.99 Å². The van der Waals surface area contributed by atoms with Crippen molar-refractivity contribution >= 4 is 6.02 Å². The second-order valence-electron chi connectivity index (χ2n) is 4.11. The minimum Gasteiger partial charge on any atom is -0.457 e. The summed E-state index contributed by atoms with van der Waals surface area (Å²) in [5, 5.41) is 0. The molecule has 1 aliphatic carbocycles. The van der Waals surface area contributed by atoms with Crippen molar-refractivity contribution in [3.63, 3.8) is 0 Å². The maximum atomic E-state index is 5.66. The SMILES string of the molecule is COC1(C2CN=C(N)O2)CCCCC1. The zero-order chi connectivity index (χ0) is 10.0. The molecule has 2 N–H and O–H groups in total. The first kappa shape index (κ1) is 9.77. The lowest BCUT2D eigenvalue weighted by molar-refractivity contribution is -0.108. The highest BCUT2D eigenvalue weighted by Crippen LogP contribution is 2.36. The van der Waals surface area contributed by atoms with Crippen LogP contribution >= 0.6 is 0 Å². The van der Waals surface area contributed by atoms with Crippen LogP contribution in [0.2, 0.25) is 0 Å². The number of rotatable bonds is 2. The Morgan fingerprint density at radius 2 is 2.14 bits per heavy atom. The number of amidine groups is 1. The zero-order valence-corrected chi connectivity index (χ0v) is 8.66. The first-order valence-electron chi connectivity index (χ1n) is 5.28. The Morgan fingerprint density at radius 3 is 2.64 bits per heavy atom. The lowest BCUT2D eigenvalue weighted by Crippen LogP contribution is -2.48. The van der Waals surface area contributed by atoms with Crippen molar-refractivity contribution in [1.29, 1.82) is 0 Å². The van der Waals surface area contributed by atoms with E-state index in [2.05, 4.69) is 4.99 Å². The Hall–Kier alpha value is -0.770. The standard InChI is InChI=1S/C10H18N2O2/c1-13-10(5-3-2-4-6-10)8-7-12-9(11)14-8/h8H,2-7H2,1H3,(H2,11,12). The minimum atomic E-state index is -0.136. The summed E-state index contributed by atoms with van der Waals surface area (Å²) in [6, 6.07) is 0.317. The summed E-state index contributed by atoms with van der Waals surface area (Å²) in [6.07, 6.45) is 5.90. The molecule has 0 amide bonds. The van der Waals surface area contributed by atoms with Crippen LogP contribution in [0.15, 0.2) is 4.99 Å². The molecule has 0 bridgehead atoms. The second-order valence-corrected chi connectivity index (χ2v) is 4.11. The van der Waals surface area contributed by atoms with Crippen molar-refractivity contribution < 1.29 is 9.47 Å². The van der Waals surface area contributed by atoms with Crippen LogP contribution in [-0.2, 0) is 9.47 Å². The van der Waals surface area contributed by atoms with Crippen molar-refractivity contribution in [2.75, 3.05) is 13.7 Å². The van der Waals surface area contributed by atoms with Crippen LogP contribution < -0.4 is 5.73 Å². The Morgan fingerprint density at radius 1 is 1.43 bits per heavy atom. The van der Waals surface area contributed by atoms with Gasteiger partial charge in [-0.15, -0.1) is 0 Å². The van der Waals surface area contributed by atoms with Gasteiger partial charge in [-0.2, -0.15) is 0 Å². The molecule has 0 saturated heterocycles. The van der Waals surface area contributed by atoms with Gasteiger partial charge in [-0.1, -0.05) is 19.3 Å². The highest BCUT2D eigenvalue weighted by Gasteiger charge is 2.43. The van der Waals surface area contributed by atoms with Gasteiger partial charge in [0.05, 0.1) is 6.54 Å². The number of methoxy groups -OCH3 is 1. The Balaban J connectivity index is 2.04. The van der Waals surface area contributed by atoms with Gasteiger partial charge in [0.1, 0.15) is 5.60 Å². The molecule has 1 heterocycles. The molecule has 1 unspecified atom stereocenters. The van der Waals surface area contributed by atoms with Gasteiger partial charge in [0.25, 0.3) is 6.02 Å². The molecule has 0 aromatic rings. The molecule has 0 spiro atoms. The fourth-order valence-electron chi connectivity index (χ4n) is 2.47. The van der Waals surface area contributed by atoms with Crippen molar-refractivity contribution in [1.82, 2.24) is 0 Å². The molecule has 1 saturated carbocycles. The predicted octanol–water partition coefficient (Wildman–Crippen LogP) is 1.05. The lowest BCUT2D eigenvalue weighted by Gasteiger charge is -2.39. The molecule has 4 heteroatoms. The third kappa shape index (κ3) is 1.59. The highest BCUT2D eigenvalue weighted by molar-refractivity contribution is 5.73. The lowest BCUT2D eigenvalue weighted by atomic mass is 9.80. The van der Waals surface area contributed by atoms with Crippen LogP contribution in [-0.4, -0.2) is 31.4 Å². The van der Waals surface area contributed by atoms with Gasteiger partial charge in [0.2, 0.25) is 0 Å². The molecule has 4 nitrogen and oxygen atoms in total. The van der Waals surface area contributed by atoms with Crippen LogP contribution in [0.5, 0.6) is 0 Å². The van der Waals surface area contributed by atoms with E-state index in [1.165, 1.54) is 19.3 Å². The topological polar surface area (TPSA) is 56.8 Å². The molecular weight excluding hydrogens is 180 g/mol. The quantitative estimate of drug-likeness (QED) is 0.721. The molecule has 14 heavy (non-hydrogen) atoms. The van der Waals surface area contributed by atoms with E-state index in [0.29, 0.717) is 12.6 Å². The van der Waals surface area contributed by atoms with Gasteiger partial charge in [0.15, 0.2) is 6.10 Å². The van der Waals surface area contributed by atoms with E-state index in [4.69, 9.17) is 15.2 Å². The highest BCUT2D eigenvalue weighted by atomic mass is 16.6. The largest absolute Gasteiger partial charge is 0.457 e. The molecule has 0 radical (unpaired) electrons.